The van der Waals surface area contributed by atoms with E-state index in [0.29, 0.717) is 5.92 Å². The Kier molecular flexibility index (Phi) is 6.52. The molecule has 1 aliphatic heterocycles. The molecule has 1 saturated carbocycles. The first-order chi connectivity index (χ1) is 11.2. The summed E-state index contributed by atoms with van der Waals surface area (Å²) < 4.78 is 0. The Morgan fingerprint density at radius 1 is 1.04 bits per heavy atom. The molecule has 1 aromatic rings. The second-order valence-corrected chi connectivity index (χ2v) is 6.31. The number of para-hydroxylation sites is 1. The SMILES string of the molecule is C/C(=C(\C(=N)Cl)N1CCN(c2ccccc2)CC1)C1CC1.CC. The molecule has 1 saturated heterocycles. The van der Waals surface area contributed by atoms with Gasteiger partial charge >= 0.3 is 0 Å². The first-order valence-electron chi connectivity index (χ1n) is 8.67. The second-order valence-electron chi connectivity index (χ2n) is 5.93. The fourth-order valence-electron chi connectivity index (χ4n) is 3.10. The summed E-state index contributed by atoms with van der Waals surface area (Å²) >= 11 is 6.07. The lowest BCUT2D eigenvalue weighted by molar-refractivity contribution is 0.332. The van der Waals surface area contributed by atoms with E-state index in [2.05, 4.69) is 47.1 Å². The van der Waals surface area contributed by atoms with E-state index in [1.165, 1.54) is 24.1 Å². The molecule has 0 unspecified atom stereocenters. The number of nitrogens with zero attached hydrogens (tertiary/aromatic N) is 2. The van der Waals surface area contributed by atoms with Gasteiger partial charge in [-0.2, -0.15) is 0 Å². The Bertz CT molecular complexity index is 541. The second kappa shape index (κ2) is 8.39. The molecule has 0 aromatic heterocycles. The number of nitrogens with one attached hydrogen (secondary N) is 1. The van der Waals surface area contributed by atoms with E-state index >= 15 is 0 Å². The summed E-state index contributed by atoms with van der Waals surface area (Å²) in [6.45, 7) is 9.98. The summed E-state index contributed by atoms with van der Waals surface area (Å²) in [5.41, 5.74) is 3.57. The molecular weight excluding hydrogens is 306 g/mol. The molecule has 0 bridgehead atoms. The summed E-state index contributed by atoms with van der Waals surface area (Å²) in [6.07, 6.45) is 2.51. The molecule has 23 heavy (non-hydrogen) atoms. The minimum atomic E-state index is 0.201. The van der Waals surface area contributed by atoms with Crippen molar-refractivity contribution in [3.05, 3.63) is 41.6 Å². The number of hydrogen-bond donors (Lipinski definition) is 1. The lowest BCUT2D eigenvalue weighted by Crippen LogP contribution is -2.47. The third-order valence-electron chi connectivity index (χ3n) is 4.49. The number of benzene rings is 1. The molecule has 0 amide bonds. The highest BCUT2D eigenvalue weighted by molar-refractivity contribution is 6.68. The Morgan fingerprint density at radius 2 is 1.61 bits per heavy atom. The smallest absolute Gasteiger partial charge is 0.144 e. The predicted octanol–water partition coefficient (Wildman–Crippen LogP) is 4.73. The summed E-state index contributed by atoms with van der Waals surface area (Å²) in [5.74, 6) is 0.659. The van der Waals surface area contributed by atoms with Gasteiger partial charge in [0.2, 0.25) is 0 Å². The van der Waals surface area contributed by atoms with Gasteiger partial charge in [0, 0.05) is 31.9 Å². The van der Waals surface area contributed by atoms with E-state index < -0.39 is 0 Å². The van der Waals surface area contributed by atoms with Crippen LogP contribution in [0.1, 0.15) is 33.6 Å². The molecule has 0 atom stereocenters. The molecule has 2 aliphatic rings. The highest BCUT2D eigenvalue weighted by atomic mass is 35.5. The highest BCUT2D eigenvalue weighted by Crippen LogP contribution is 2.39. The molecule has 4 heteroatoms. The zero-order valence-electron chi connectivity index (χ0n) is 14.5. The van der Waals surface area contributed by atoms with Crippen LogP contribution in [0.4, 0.5) is 5.69 Å². The number of halogens is 1. The van der Waals surface area contributed by atoms with Crippen molar-refractivity contribution in [1.82, 2.24) is 4.90 Å². The van der Waals surface area contributed by atoms with Crippen molar-refractivity contribution in [2.24, 2.45) is 5.92 Å². The van der Waals surface area contributed by atoms with Crippen molar-refractivity contribution in [2.45, 2.75) is 33.6 Å². The van der Waals surface area contributed by atoms with Crippen molar-refractivity contribution in [1.29, 1.82) is 5.41 Å². The third-order valence-corrected chi connectivity index (χ3v) is 4.67. The van der Waals surface area contributed by atoms with Crippen LogP contribution in [0, 0.1) is 11.3 Å². The van der Waals surface area contributed by atoms with Gasteiger partial charge in [-0.3, -0.25) is 5.41 Å². The Morgan fingerprint density at radius 3 is 2.09 bits per heavy atom. The van der Waals surface area contributed by atoms with Gasteiger partial charge in [0.25, 0.3) is 0 Å². The molecule has 3 nitrogen and oxygen atoms in total. The maximum atomic E-state index is 7.91. The molecule has 3 rings (SSSR count). The average molecular weight is 334 g/mol. The Hall–Kier alpha value is -1.48. The van der Waals surface area contributed by atoms with E-state index in [9.17, 15) is 0 Å². The molecule has 1 aromatic carbocycles. The minimum absolute atomic E-state index is 0.201. The van der Waals surface area contributed by atoms with E-state index in [4.69, 9.17) is 17.0 Å². The van der Waals surface area contributed by atoms with Gasteiger partial charge in [0.1, 0.15) is 5.17 Å². The number of hydrogen-bond acceptors (Lipinski definition) is 3. The number of rotatable bonds is 4. The highest BCUT2D eigenvalue weighted by Gasteiger charge is 2.30. The summed E-state index contributed by atoms with van der Waals surface area (Å²) in [6, 6.07) is 10.5. The molecule has 1 heterocycles. The summed E-state index contributed by atoms with van der Waals surface area (Å²) in [5, 5.41) is 8.11. The molecule has 1 aliphatic carbocycles. The molecule has 126 valence electrons. The number of anilines is 1. The standard InChI is InChI=1S/C17H22ClN3.C2H6/c1-13(14-7-8-14)16(17(18)19)21-11-9-20(10-12-21)15-5-3-2-4-6-15;1-2/h2-6,14,19H,7-12H2,1H3;1-2H3/b16-13-,19-17?;. The third kappa shape index (κ3) is 4.51. The van der Waals surface area contributed by atoms with Crippen LogP contribution in [0.2, 0.25) is 0 Å². The van der Waals surface area contributed by atoms with Crippen LogP contribution in [-0.4, -0.2) is 36.2 Å². The zero-order chi connectivity index (χ0) is 16.8. The van der Waals surface area contributed by atoms with Gasteiger partial charge in [-0.1, -0.05) is 43.6 Å². The molecule has 0 radical (unpaired) electrons. The van der Waals surface area contributed by atoms with Crippen molar-refractivity contribution in [3.8, 4) is 0 Å². The van der Waals surface area contributed by atoms with Crippen LogP contribution in [0.25, 0.3) is 0 Å². The first-order valence-corrected chi connectivity index (χ1v) is 9.04. The minimum Gasteiger partial charge on any atom is -0.368 e. The lowest BCUT2D eigenvalue weighted by Gasteiger charge is -2.38. The zero-order valence-corrected chi connectivity index (χ0v) is 15.2. The van der Waals surface area contributed by atoms with Gasteiger partial charge in [0.05, 0.1) is 5.70 Å². The largest absolute Gasteiger partial charge is 0.368 e. The van der Waals surface area contributed by atoms with Crippen LogP contribution in [0.5, 0.6) is 0 Å². The molecule has 1 N–H and O–H groups in total. The van der Waals surface area contributed by atoms with Gasteiger partial charge < -0.3 is 9.80 Å². The van der Waals surface area contributed by atoms with Crippen LogP contribution >= 0.6 is 11.6 Å². The van der Waals surface area contributed by atoms with Crippen molar-refractivity contribution >= 4 is 22.5 Å². The van der Waals surface area contributed by atoms with Crippen LogP contribution in [0.3, 0.4) is 0 Å². The topological polar surface area (TPSA) is 30.3 Å². The van der Waals surface area contributed by atoms with Gasteiger partial charge in [0.15, 0.2) is 0 Å². The summed E-state index contributed by atoms with van der Waals surface area (Å²) in [4.78, 5) is 4.70. The Labute approximate surface area is 145 Å². The van der Waals surface area contributed by atoms with Crippen molar-refractivity contribution < 1.29 is 0 Å². The normalized spacial score (nSPS) is 18.8. The molecule has 2 fully saturated rings. The van der Waals surface area contributed by atoms with E-state index in [1.807, 2.05) is 13.8 Å². The monoisotopic (exact) mass is 333 g/mol. The Balaban J connectivity index is 0.000000924. The van der Waals surface area contributed by atoms with Crippen molar-refractivity contribution in [3.63, 3.8) is 0 Å². The molecule has 0 spiro atoms. The maximum absolute atomic E-state index is 7.91. The first kappa shape index (κ1) is 17.9. The number of piperazine rings is 1. The summed E-state index contributed by atoms with van der Waals surface area (Å²) in [7, 11) is 0. The predicted molar refractivity (Wildman–Crippen MR) is 101 cm³/mol. The maximum Gasteiger partial charge on any atom is 0.144 e. The van der Waals surface area contributed by atoms with Gasteiger partial charge in [-0.25, -0.2) is 0 Å². The number of allylic oxidation sites excluding steroid dienone is 2. The molecular formula is C19H28ClN3. The quantitative estimate of drug-likeness (QED) is 0.807. The fourth-order valence-corrected chi connectivity index (χ4v) is 3.37. The van der Waals surface area contributed by atoms with Gasteiger partial charge in [-0.05, 0) is 43.4 Å². The van der Waals surface area contributed by atoms with Crippen LogP contribution in [-0.2, 0) is 0 Å². The van der Waals surface area contributed by atoms with Crippen molar-refractivity contribution in [2.75, 3.05) is 31.1 Å². The van der Waals surface area contributed by atoms with Crippen LogP contribution < -0.4 is 4.90 Å². The fraction of sp³-hybridized carbons (Fsp3) is 0.526. The van der Waals surface area contributed by atoms with E-state index in [0.717, 1.165) is 31.9 Å². The lowest BCUT2D eigenvalue weighted by atomic mass is 10.1. The van der Waals surface area contributed by atoms with E-state index in [1.54, 1.807) is 0 Å². The van der Waals surface area contributed by atoms with Crippen LogP contribution in [0.15, 0.2) is 41.6 Å². The average Bonchev–Trinajstić information content (AvgIpc) is 3.43. The van der Waals surface area contributed by atoms with E-state index in [-0.39, 0.29) is 5.17 Å². The van der Waals surface area contributed by atoms with Gasteiger partial charge in [-0.15, -0.1) is 0 Å².